The SMILES string of the molecule is CC(=NO)c1ccc(NC(=O)c2ccncc2)cc1. The summed E-state index contributed by atoms with van der Waals surface area (Å²) >= 11 is 0. The van der Waals surface area contributed by atoms with Crippen LogP contribution >= 0.6 is 0 Å². The number of anilines is 1. The van der Waals surface area contributed by atoms with Gasteiger partial charge in [-0.2, -0.15) is 0 Å². The fourth-order valence-electron chi connectivity index (χ4n) is 1.56. The lowest BCUT2D eigenvalue weighted by Crippen LogP contribution is -2.11. The summed E-state index contributed by atoms with van der Waals surface area (Å²) in [6.45, 7) is 1.70. The van der Waals surface area contributed by atoms with Crippen molar-refractivity contribution in [1.82, 2.24) is 4.98 Å². The number of rotatable bonds is 3. The van der Waals surface area contributed by atoms with Gasteiger partial charge in [0.25, 0.3) is 5.91 Å². The zero-order chi connectivity index (χ0) is 13.7. The largest absolute Gasteiger partial charge is 0.411 e. The van der Waals surface area contributed by atoms with Gasteiger partial charge in [0, 0.05) is 23.6 Å². The van der Waals surface area contributed by atoms with E-state index in [0.717, 1.165) is 5.56 Å². The smallest absolute Gasteiger partial charge is 0.255 e. The van der Waals surface area contributed by atoms with Crippen LogP contribution in [0, 0.1) is 0 Å². The zero-order valence-corrected chi connectivity index (χ0v) is 10.4. The first-order chi connectivity index (χ1) is 9.20. The highest BCUT2D eigenvalue weighted by molar-refractivity contribution is 6.04. The third-order valence-electron chi connectivity index (χ3n) is 2.65. The summed E-state index contributed by atoms with van der Waals surface area (Å²) in [5.74, 6) is -0.192. The van der Waals surface area contributed by atoms with E-state index in [-0.39, 0.29) is 5.91 Å². The van der Waals surface area contributed by atoms with Crippen LogP contribution in [0.15, 0.2) is 53.9 Å². The Kier molecular flexibility index (Phi) is 3.87. The fourth-order valence-corrected chi connectivity index (χ4v) is 1.56. The van der Waals surface area contributed by atoms with E-state index in [4.69, 9.17) is 5.21 Å². The molecular formula is C14H13N3O2. The molecule has 19 heavy (non-hydrogen) atoms. The van der Waals surface area contributed by atoms with Crippen LogP contribution in [-0.2, 0) is 0 Å². The van der Waals surface area contributed by atoms with Crippen LogP contribution in [-0.4, -0.2) is 21.8 Å². The molecule has 0 aliphatic heterocycles. The number of amides is 1. The van der Waals surface area contributed by atoms with Gasteiger partial charge < -0.3 is 10.5 Å². The second kappa shape index (κ2) is 5.77. The van der Waals surface area contributed by atoms with Gasteiger partial charge in [-0.15, -0.1) is 0 Å². The number of carbonyl (C=O) groups excluding carboxylic acids is 1. The number of aromatic nitrogens is 1. The monoisotopic (exact) mass is 255 g/mol. The quantitative estimate of drug-likeness (QED) is 0.502. The molecule has 2 rings (SSSR count). The van der Waals surface area contributed by atoms with Crippen molar-refractivity contribution in [2.45, 2.75) is 6.92 Å². The van der Waals surface area contributed by atoms with Gasteiger partial charge >= 0.3 is 0 Å². The normalized spacial score (nSPS) is 11.1. The standard InChI is InChI=1S/C14H13N3O2/c1-10(17-19)11-2-4-13(5-3-11)16-14(18)12-6-8-15-9-7-12/h2-9,19H,1H3,(H,16,18). The lowest BCUT2D eigenvalue weighted by molar-refractivity contribution is 0.102. The third kappa shape index (κ3) is 3.16. The van der Waals surface area contributed by atoms with Crippen LogP contribution in [0.2, 0.25) is 0 Å². The van der Waals surface area contributed by atoms with Gasteiger partial charge in [0.2, 0.25) is 0 Å². The van der Waals surface area contributed by atoms with E-state index in [1.807, 2.05) is 0 Å². The summed E-state index contributed by atoms with van der Waals surface area (Å²) in [6, 6.07) is 10.3. The molecule has 0 aliphatic rings. The van der Waals surface area contributed by atoms with Gasteiger partial charge in [0.1, 0.15) is 0 Å². The van der Waals surface area contributed by atoms with Gasteiger partial charge in [0.15, 0.2) is 0 Å². The number of benzene rings is 1. The van der Waals surface area contributed by atoms with Crippen molar-refractivity contribution < 1.29 is 10.0 Å². The molecule has 2 aromatic rings. The maximum absolute atomic E-state index is 11.9. The second-order valence-electron chi connectivity index (χ2n) is 3.95. The van der Waals surface area contributed by atoms with Crippen LogP contribution in [0.5, 0.6) is 0 Å². The number of carbonyl (C=O) groups is 1. The first-order valence-corrected chi connectivity index (χ1v) is 5.71. The molecule has 1 heterocycles. The molecule has 0 unspecified atom stereocenters. The van der Waals surface area contributed by atoms with E-state index in [1.165, 1.54) is 0 Å². The van der Waals surface area contributed by atoms with Gasteiger partial charge in [0.05, 0.1) is 5.71 Å². The number of nitrogens with one attached hydrogen (secondary N) is 1. The molecule has 1 aromatic carbocycles. The molecule has 0 saturated carbocycles. The minimum atomic E-state index is -0.192. The van der Waals surface area contributed by atoms with E-state index in [0.29, 0.717) is 17.0 Å². The fraction of sp³-hybridized carbons (Fsp3) is 0.0714. The Morgan fingerprint density at radius 2 is 1.74 bits per heavy atom. The molecule has 5 heteroatoms. The summed E-state index contributed by atoms with van der Waals surface area (Å²) in [5, 5.41) is 14.6. The molecule has 0 aliphatic carbocycles. The number of hydrogen-bond acceptors (Lipinski definition) is 4. The molecule has 96 valence electrons. The summed E-state index contributed by atoms with van der Waals surface area (Å²) in [4.78, 5) is 15.7. The first-order valence-electron chi connectivity index (χ1n) is 5.71. The Hall–Kier alpha value is -2.69. The maximum atomic E-state index is 11.9. The van der Waals surface area contributed by atoms with Crippen molar-refractivity contribution in [2.24, 2.45) is 5.16 Å². The van der Waals surface area contributed by atoms with Crippen molar-refractivity contribution in [3.63, 3.8) is 0 Å². The van der Waals surface area contributed by atoms with Crippen LogP contribution in [0.4, 0.5) is 5.69 Å². The lowest BCUT2D eigenvalue weighted by atomic mass is 10.1. The molecule has 0 radical (unpaired) electrons. The van der Waals surface area contributed by atoms with Crippen molar-refractivity contribution in [3.05, 3.63) is 59.9 Å². The van der Waals surface area contributed by atoms with Crippen molar-refractivity contribution in [3.8, 4) is 0 Å². The molecule has 0 atom stereocenters. The zero-order valence-electron chi connectivity index (χ0n) is 10.4. The van der Waals surface area contributed by atoms with E-state index in [9.17, 15) is 4.79 Å². The molecule has 0 bridgehead atoms. The van der Waals surface area contributed by atoms with Gasteiger partial charge in [-0.1, -0.05) is 17.3 Å². The van der Waals surface area contributed by atoms with Crippen LogP contribution < -0.4 is 5.32 Å². The van der Waals surface area contributed by atoms with E-state index in [1.54, 1.807) is 55.7 Å². The predicted molar refractivity (Wildman–Crippen MR) is 72.6 cm³/mol. The van der Waals surface area contributed by atoms with Crippen molar-refractivity contribution in [1.29, 1.82) is 0 Å². The molecule has 0 spiro atoms. The Bertz CT molecular complexity index is 592. The van der Waals surface area contributed by atoms with E-state index in [2.05, 4.69) is 15.5 Å². The number of pyridine rings is 1. The number of oxime groups is 1. The highest BCUT2D eigenvalue weighted by Gasteiger charge is 2.05. The Balaban J connectivity index is 2.10. The second-order valence-corrected chi connectivity index (χ2v) is 3.95. The average Bonchev–Trinajstić information content (AvgIpc) is 2.48. The molecule has 0 saturated heterocycles. The average molecular weight is 255 g/mol. The predicted octanol–water partition coefficient (Wildman–Crippen LogP) is 2.53. The van der Waals surface area contributed by atoms with Gasteiger partial charge in [-0.05, 0) is 36.8 Å². The van der Waals surface area contributed by atoms with Gasteiger partial charge in [-0.25, -0.2) is 0 Å². The summed E-state index contributed by atoms with van der Waals surface area (Å²) in [6.07, 6.45) is 3.14. The summed E-state index contributed by atoms with van der Waals surface area (Å²) in [5.41, 5.74) is 2.54. The third-order valence-corrected chi connectivity index (χ3v) is 2.65. The van der Waals surface area contributed by atoms with Crippen molar-refractivity contribution in [2.75, 3.05) is 5.32 Å². The summed E-state index contributed by atoms with van der Waals surface area (Å²) in [7, 11) is 0. The molecule has 0 fully saturated rings. The van der Waals surface area contributed by atoms with Crippen LogP contribution in [0.1, 0.15) is 22.8 Å². The Morgan fingerprint density at radius 3 is 2.32 bits per heavy atom. The molecule has 1 amide bonds. The minimum Gasteiger partial charge on any atom is -0.411 e. The molecular weight excluding hydrogens is 242 g/mol. The van der Waals surface area contributed by atoms with Crippen molar-refractivity contribution >= 4 is 17.3 Å². The number of hydrogen-bond donors (Lipinski definition) is 2. The Labute approximate surface area is 110 Å². The van der Waals surface area contributed by atoms with E-state index >= 15 is 0 Å². The first kappa shape index (κ1) is 12.8. The molecule has 1 aromatic heterocycles. The minimum absolute atomic E-state index is 0.192. The van der Waals surface area contributed by atoms with E-state index < -0.39 is 0 Å². The molecule has 2 N–H and O–H groups in total. The van der Waals surface area contributed by atoms with Crippen LogP contribution in [0.25, 0.3) is 0 Å². The summed E-state index contributed by atoms with van der Waals surface area (Å²) < 4.78 is 0. The highest BCUT2D eigenvalue weighted by Crippen LogP contribution is 2.11. The number of nitrogens with zero attached hydrogens (tertiary/aromatic N) is 2. The highest BCUT2D eigenvalue weighted by atomic mass is 16.4. The van der Waals surface area contributed by atoms with Crippen LogP contribution in [0.3, 0.4) is 0 Å². The topological polar surface area (TPSA) is 74.6 Å². The Morgan fingerprint density at radius 1 is 1.11 bits per heavy atom. The molecule has 5 nitrogen and oxygen atoms in total. The van der Waals surface area contributed by atoms with Gasteiger partial charge in [-0.3, -0.25) is 9.78 Å². The lowest BCUT2D eigenvalue weighted by Gasteiger charge is -2.06. The maximum Gasteiger partial charge on any atom is 0.255 e.